The van der Waals surface area contributed by atoms with Crippen LogP contribution in [0.4, 0.5) is 0 Å². The maximum Gasteiger partial charge on any atom is 0.243 e. The van der Waals surface area contributed by atoms with Crippen molar-refractivity contribution in [3.8, 4) is 11.5 Å². The highest BCUT2D eigenvalue weighted by Crippen LogP contribution is 2.60. The second-order valence-electron chi connectivity index (χ2n) is 10.6. The van der Waals surface area contributed by atoms with Crippen molar-refractivity contribution in [1.29, 1.82) is 0 Å². The third-order valence-electron chi connectivity index (χ3n) is 8.50. The zero-order chi connectivity index (χ0) is 26.1. The monoisotopic (exact) mass is 492 g/mol. The van der Waals surface area contributed by atoms with Gasteiger partial charge in [-0.3, -0.25) is 19.3 Å². The first kappa shape index (κ1) is 25.7. The van der Waals surface area contributed by atoms with E-state index in [2.05, 4.69) is 5.32 Å². The molecule has 2 aliphatic rings. The number of ether oxygens (including phenoxy) is 2. The predicted octanol–water partition coefficient (Wildman–Crippen LogP) is 3.79. The van der Waals surface area contributed by atoms with Crippen LogP contribution in [0.5, 0.6) is 11.5 Å². The van der Waals surface area contributed by atoms with E-state index in [9.17, 15) is 14.4 Å². The van der Waals surface area contributed by atoms with Crippen molar-refractivity contribution in [3.05, 3.63) is 59.7 Å². The van der Waals surface area contributed by atoms with E-state index in [0.29, 0.717) is 37.3 Å². The summed E-state index contributed by atoms with van der Waals surface area (Å²) < 4.78 is 10.7. The second kappa shape index (κ2) is 9.96. The summed E-state index contributed by atoms with van der Waals surface area (Å²) in [6, 6.07) is 14.3. The zero-order valence-electron chi connectivity index (χ0n) is 21.8. The van der Waals surface area contributed by atoms with Crippen molar-refractivity contribution < 1.29 is 23.9 Å². The predicted molar refractivity (Wildman–Crippen MR) is 137 cm³/mol. The molecule has 0 aromatic heterocycles. The van der Waals surface area contributed by atoms with Gasteiger partial charge in [0, 0.05) is 18.9 Å². The molecule has 2 fully saturated rings. The van der Waals surface area contributed by atoms with Gasteiger partial charge < -0.3 is 14.8 Å². The number of methoxy groups -OCH3 is 2. The quantitative estimate of drug-likeness (QED) is 0.539. The van der Waals surface area contributed by atoms with E-state index in [4.69, 9.17) is 9.47 Å². The molecule has 7 nitrogen and oxygen atoms in total. The highest BCUT2D eigenvalue weighted by atomic mass is 16.5. The van der Waals surface area contributed by atoms with Crippen LogP contribution in [0.25, 0.3) is 0 Å². The van der Waals surface area contributed by atoms with E-state index in [1.807, 2.05) is 69.3 Å². The molecule has 1 saturated heterocycles. The Labute approximate surface area is 213 Å². The molecule has 3 unspecified atom stereocenters. The number of carbonyl (C=O) groups excluding carboxylic acids is 3. The maximum atomic E-state index is 13.8. The fourth-order valence-electron chi connectivity index (χ4n) is 5.77. The highest BCUT2D eigenvalue weighted by molar-refractivity contribution is 6.07. The largest absolute Gasteiger partial charge is 0.493 e. The molecule has 192 valence electrons. The molecule has 1 heterocycles. The fourth-order valence-corrected chi connectivity index (χ4v) is 5.77. The lowest BCUT2D eigenvalue weighted by molar-refractivity contribution is -0.173. The van der Waals surface area contributed by atoms with Gasteiger partial charge in [0.25, 0.3) is 0 Å². The average Bonchev–Trinajstić information content (AvgIpc) is 3.06. The number of hydrogen-bond donors (Lipinski definition) is 1. The van der Waals surface area contributed by atoms with E-state index in [-0.39, 0.29) is 30.1 Å². The molecule has 7 heteroatoms. The molecule has 1 aliphatic carbocycles. The van der Waals surface area contributed by atoms with Crippen molar-refractivity contribution in [1.82, 2.24) is 10.2 Å². The topological polar surface area (TPSA) is 84.9 Å². The molecule has 0 spiro atoms. The number of rotatable bonds is 9. The van der Waals surface area contributed by atoms with Crippen molar-refractivity contribution in [2.45, 2.75) is 52.5 Å². The first-order valence-electron chi connectivity index (χ1n) is 12.5. The molecule has 1 saturated carbocycles. The summed E-state index contributed by atoms with van der Waals surface area (Å²) in [4.78, 5) is 42.2. The minimum atomic E-state index is -0.895. The number of likely N-dealkylation sites (tertiary alicyclic amines) is 1. The number of benzene rings is 2. The number of imide groups is 1. The molecule has 2 aromatic rings. The Bertz CT molecular complexity index is 1150. The molecule has 1 aliphatic heterocycles. The number of piperidine rings is 1. The van der Waals surface area contributed by atoms with E-state index in [1.54, 1.807) is 14.2 Å². The number of amides is 3. The highest BCUT2D eigenvalue weighted by Gasteiger charge is 2.65. The maximum absolute atomic E-state index is 13.8. The van der Waals surface area contributed by atoms with E-state index >= 15 is 0 Å². The smallest absolute Gasteiger partial charge is 0.243 e. The van der Waals surface area contributed by atoms with Gasteiger partial charge in [0.2, 0.25) is 17.7 Å². The Morgan fingerprint density at radius 3 is 2.39 bits per heavy atom. The molecule has 3 atom stereocenters. The minimum absolute atomic E-state index is 0.226. The van der Waals surface area contributed by atoms with Crippen LogP contribution in [0.15, 0.2) is 48.5 Å². The lowest BCUT2D eigenvalue weighted by Crippen LogP contribution is -2.64. The Balaban J connectivity index is 1.55. The van der Waals surface area contributed by atoms with Gasteiger partial charge in [-0.25, -0.2) is 0 Å². The number of fused-ring (bicyclic) bond motifs is 2. The van der Waals surface area contributed by atoms with Crippen LogP contribution in [-0.4, -0.2) is 49.4 Å². The lowest BCUT2D eigenvalue weighted by Gasteiger charge is -2.49. The van der Waals surface area contributed by atoms with Crippen LogP contribution < -0.4 is 14.8 Å². The van der Waals surface area contributed by atoms with Gasteiger partial charge in [-0.1, -0.05) is 57.2 Å². The standard InChI is InChI=1S/C29H36N2O5/c1-28(2)21-13-15-29(28,3)27(34)31(26(21)33)22(17-19-9-7-6-8-10-19)25(32)30-16-14-20-11-12-23(35-4)24(18-20)36-5/h6-12,18,21-22H,13-17H2,1-5H3,(H,30,32). The molecular weight excluding hydrogens is 456 g/mol. The molecule has 1 N–H and O–H groups in total. The van der Waals surface area contributed by atoms with Crippen LogP contribution in [0, 0.1) is 16.7 Å². The molecule has 3 amide bonds. The minimum Gasteiger partial charge on any atom is -0.493 e. The first-order valence-corrected chi connectivity index (χ1v) is 12.5. The van der Waals surface area contributed by atoms with E-state index in [0.717, 1.165) is 11.1 Å². The molecule has 4 rings (SSSR count). The summed E-state index contributed by atoms with van der Waals surface area (Å²) in [5, 5.41) is 2.98. The van der Waals surface area contributed by atoms with Gasteiger partial charge in [-0.2, -0.15) is 0 Å². The number of nitrogens with zero attached hydrogens (tertiary/aromatic N) is 1. The Hall–Kier alpha value is -3.35. The summed E-state index contributed by atoms with van der Waals surface area (Å²) in [5.74, 6) is 0.223. The zero-order valence-corrected chi connectivity index (χ0v) is 21.8. The van der Waals surface area contributed by atoms with Crippen molar-refractivity contribution in [3.63, 3.8) is 0 Å². The second-order valence-corrected chi connectivity index (χ2v) is 10.6. The van der Waals surface area contributed by atoms with Crippen molar-refractivity contribution in [2.24, 2.45) is 16.7 Å². The molecule has 2 aromatic carbocycles. The van der Waals surface area contributed by atoms with Gasteiger partial charge in [-0.15, -0.1) is 0 Å². The van der Waals surface area contributed by atoms with E-state index < -0.39 is 16.9 Å². The Kier molecular flexibility index (Phi) is 7.12. The average molecular weight is 493 g/mol. The molecule has 2 bridgehead atoms. The lowest BCUT2D eigenvalue weighted by atomic mass is 9.62. The summed E-state index contributed by atoms with van der Waals surface area (Å²) in [7, 11) is 3.17. The molecular formula is C29H36N2O5. The number of hydrogen-bond acceptors (Lipinski definition) is 5. The van der Waals surface area contributed by atoms with E-state index in [1.165, 1.54) is 4.90 Å². The molecule has 36 heavy (non-hydrogen) atoms. The molecule has 0 radical (unpaired) electrons. The summed E-state index contributed by atoms with van der Waals surface area (Å²) in [6.07, 6.45) is 2.18. The summed E-state index contributed by atoms with van der Waals surface area (Å²) in [6.45, 7) is 6.33. The van der Waals surface area contributed by atoms with Crippen LogP contribution >= 0.6 is 0 Å². The Morgan fingerprint density at radius 2 is 1.72 bits per heavy atom. The van der Waals surface area contributed by atoms with Crippen molar-refractivity contribution >= 4 is 17.7 Å². The first-order chi connectivity index (χ1) is 17.1. The van der Waals surface area contributed by atoms with Crippen LogP contribution in [0.1, 0.15) is 44.7 Å². The third kappa shape index (κ3) is 4.36. The van der Waals surface area contributed by atoms with Gasteiger partial charge in [0.15, 0.2) is 11.5 Å². The number of nitrogens with one attached hydrogen (secondary N) is 1. The third-order valence-corrected chi connectivity index (χ3v) is 8.50. The Morgan fingerprint density at radius 1 is 1.03 bits per heavy atom. The summed E-state index contributed by atoms with van der Waals surface area (Å²) >= 11 is 0. The van der Waals surface area contributed by atoms with Crippen LogP contribution in [0.2, 0.25) is 0 Å². The normalized spacial score (nSPS) is 23.4. The van der Waals surface area contributed by atoms with Gasteiger partial charge in [0.05, 0.1) is 19.6 Å². The van der Waals surface area contributed by atoms with Gasteiger partial charge >= 0.3 is 0 Å². The van der Waals surface area contributed by atoms with Crippen LogP contribution in [-0.2, 0) is 27.2 Å². The van der Waals surface area contributed by atoms with Gasteiger partial charge in [0.1, 0.15) is 6.04 Å². The van der Waals surface area contributed by atoms with Crippen LogP contribution in [0.3, 0.4) is 0 Å². The number of carbonyl (C=O) groups is 3. The summed E-state index contributed by atoms with van der Waals surface area (Å²) in [5.41, 5.74) is 0.782. The fraction of sp³-hybridized carbons (Fsp3) is 0.483. The van der Waals surface area contributed by atoms with Crippen molar-refractivity contribution in [2.75, 3.05) is 20.8 Å². The SMILES string of the molecule is COc1ccc(CCNC(=O)C(Cc2ccccc2)N2C(=O)C3CCC(C)(C2=O)C3(C)C)cc1OC. The van der Waals surface area contributed by atoms with Gasteiger partial charge in [-0.05, 0) is 47.9 Å².